The van der Waals surface area contributed by atoms with Gasteiger partial charge in [0.1, 0.15) is 11.9 Å². The van der Waals surface area contributed by atoms with Gasteiger partial charge in [-0.3, -0.25) is 9.59 Å². The number of ether oxygens (including phenoxy) is 3. The molecule has 3 N–H and O–H groups in total. The molecule has 2 atom stereocenters. The average Bonchev–Trinajstić information content (AvgIpc) is 3.00. The first kappa shape index (κ1) is 20.5. The number of rotatable bonds is 6. The van der Waals surface area contributed by atoms with Crippen LogP contribution in [0.4, 0.5) is 0 Å². The highest BCUT2D eigenvalue weighted by molar-refractivity contribution is 5.93. The lowest BCUT2D eigenvalue weighted by Gasteiger charge is -2.29. The molecule has 1 fully saturated rings. The molecule has 0 bridgehead atoms. The molecule has 30 heavy (non-hydrogen) atoms. The molecule has 2 heterocycles. The fourth-order valence-electron chi connectivity index (χ4n) is 3.77. The van der Waals surface area contributed by atoms with E-state index in [-0.39, 0.29) is 11.9 Å². The second-order valence-corrected chi connectivity index (χ2v) is 7.57. The van der Waals surface area contributed by atoms with Gasteiger partial charge in [0.25, 0.3) is 0 Å². The van der Waals surface area contributed by atoms with E-state index < -0.39 is 18.1 Å². The number of amides is 1. The van der Waals surface area contributed by atoms with Crippen molar-refractivity contribution >= 4 is 11.7 Å². The lowest BCUT2D eigenvalue weighted by Crippen LogP contribution is -2.41. The summed E-state index contributed by atoms with van der Waals surface area (Å²) in [5, 5.41) is 3.26. The number of hydrogen-bond acceptors (Lipinski definition) is 6. The van der Waals surface area contributed by atoms with Crippen molar-refractivity contribution in [3.63, 3.8) is 0 Å². The molecule has 2 aromatic carbocycles. The molecule has 0 spiro atoms. The number of ketones is 1. The Hall–Kier alpha value is -2.74. The van der Waals surface area contributed by atoms with E-state index in [9.17, 15) is 9.59 Å². The Bertz CT molecular complexity index is 896. The smallest absolute Gasteiger partial charge is 0.248 e. The van der Waals surface area contributed by atoms with E-state index in [0.29, 0.717) is 37.6 Å². The third-order valence-corrected chi connectivity index (χ3v) is 5.44. The maximum Gasteiger partial charge on any atom is 0.248 e. The van der Waals surface area contributed by atoms with Gasteiger partial charge in [0, 0.05) is 37.4 Å². The number of benzene rings is 2. The van der Waals surface area contributed by atoms with Gasteiger partial charge in [-0.05, 0) is 30.5 Å². The summed E-state index contributed by atoms with van der Waals surface area (Å²) in [7, 11) is 0. The molecule has 1 saturated heterocycles. The fourth-order valence-corrected chi connectivity index (χ4v) is 3.77. The quantitative estimate of drug-likeness (QED) is 0.757. The van der Waals surface area contributed by atoms with Crippen LogP contribution in [-0.2, 0) is 20.8 Å². The number of carbonyl (C=O) groups excluding carboxylic acids is 2. The van der Waals surface area contributed by atoms with E-state index in [4.69, 9.17) is 19.9 Å². The van der Waals surface area contributed by atoms with Crippen LogP contribution < -0.4 is 15.8 Å². The first-order valence-electron chi connectivity index (χ1n) is 10.2. The molecule has 158 valence electrons. The number of fused-ring (bicyclic) bond motifs is 1. The topological polar surface area (TPSA) is 99.9 Å². The van der Waals surface area contributed by atoms with Crippen molar-refractivity contribution in [3.8, 4) is 5.75 Å². The minimum absolute atomic E-state index is 0.0413. The van der Waals surface area contributed by atoms with E-state index in [0.717, 1.165) is 24.0 Å². The van der Waals surface area contributed by atoms with Gasteiger partial charge in [-0.1, -0.05) is 36.4 Å². The minimum Gasteiger partial charge on any atom is -0.481 e. The minimum atomic E-state index is -0.751. The summed E-state index contributed by atoms with van der Waals surface area (Å²) in [6.07, 6.45) is -0.0158. The largest absolute Gasteiger partial charge is 0.481 e. The number of nitrogens with one attached hydrogen (secondary N) is 1. The van der Waals surface area contributed by atoms with Gasteiger partial charge < -0.3 is 25.3 Å². The summed E-state index contributed by atoms with van der Waals surface area (Å²) < 4.78 is 17.8. The zero-order valence-electron chi connectivity index (χ0n) is 16.7. The Morgan fingerprint density at radius 3 is 2.60 bits per heavy atom. The lowest BCUT2D eigenvalue weighted by molar-refractivity contribution is -0.146. The van der Waals surface area contributed by atoms with E-state index in [1.807, 2.05) is 30.3 Å². The Morgan fingerprint density at radius 2 is 1.87 bits per heavy atom. The molecule has 2 aliphatic heterocycles. The van der Waals surface area contributed by atoms with Crippen LogP contribution in [0.3, 0.4) is 0 Å². The number of primary amides is 1. The predicted molar refractivity (Wildman–Crippen MR) is 110 cm³/mol. The summed E-state index contributed by atoms with van der Waals surface area (Å²) in [5.41, 5.74) is 7.42. The summed E-state index contributed by atoms with van der Waals surface area (Å²) in [6.45, 7) is 2.14. The van der Waals surface area contributed by atoms with Gasteiger partial charge in [-0.2, -0.15) is 0 Å². The van der Waals surface area contributed by atoms with Gasteiger partial charge in [-0.15, -0.1) is 0 Å². The highest BCUT2D eigenvalue weighted by Crippen LogP contribution is 2.29. The Labute approximate surface area is 175 Å². The maximum atomic E-state index is 13.5. The van der Waals surface area contributed by atoms with Gasteiger partial charge >= 0.3 is 0 Å². The average molecular weight is 410 g/mol. The van der Waals surface area contributed by atoms with E-state index >= 15 is 0 Å². The number of Topliss-reactive ketones (excluding diaryl/α,β-unsaturated/α-hetero) is 1. The third kappa shape index (κ3) is 4.70. The van der Waals surface area contributed by atoms with Crippen molar-refractivity contribution in [2.24, 2.45) is 5.73 Å². The fraction of sp³-hybridized carbons (Fsp3) is 0.391. The first-order valence-corrected chi connectivity index (χ1v) is 10.2. The number of hydrogen-bond donors (Lipinski definition) is 2. The van der Waals surface area contributed by atoms with Gasteiger partial charge in [0.15, 0.2) is 6.10 Å². The van der Waals surface area contributed by atoms with Crippen LogP contribution in [-0.4, -0.2) is 43.7 Å². The molecule has 7 heteroatoms. The molecule has 0 aromatic heterocycles. The molecule has 0 aliphatic carbocycles. The molecule has 4 rings (SSSR count). The predicted octanol–water partition coefficient (Wildman–Crippen LogP) is 2.14. The second kappa shape index (κ2) is 9.38. The lowest BCUT2D eigenvalue weighted by atomic mass is 10.0. The molecular formula is C23H26N2O5. The van der Waals surface area contributed by atoms with Crippen molar-refractivity contribution < 1.29 is 23.8 Å². The first-order chi connectivity index (χ1) is 14.6. The molecule has 1 amide bonds. The molecule has 2 unspecified atom stereocenters. The number of carbonyl (C=O) groups is 2. The maximum absolute atomic E-state index is 13.5. The van der Waals surface area contributed by atoms with Gasteiger partial charge in [0.2, 0.25) is 11.7 Å². The van der Waals surface area contributed by atoms with Gasteiger partial charge in [0.05, 0.1) is 6.10 Å². The van der Waals surface area contributed by atoms with Crippen molar-refractivity contribution in [1.82, 2.24) is 5.32 Å². The molecule has 7 nitrogen and oxygen atoms in total. The monoisotopic (exact) mass is 410 g/mol. The van der Waals surface area contributed by atoms with Crippen LogP contribution >= 0.6 is 0 Å². The van der Waals surface area contributed by atoms with Gasteiger partial charge in [-0.25, -0.2) is 0 Å². The van der Waals surface area contributed by atoms with Crippen molar-refractivity contribution in [2.45, 2.75) is 37.7 Å². The molecule has 0 radical (unpaired) electrons. The summed E-state index contributed by atoms with van der Waals surface area (Å²) in [4.78, 5) is 25.1. The van der Waals surface area contributed by atoms with Crippen LogP contribution in [0.1, 0.15) is 40.4 Å². The zero-order valence-corrected chi connectivity index (χ0v) is 16.7. The Balaban J connectivity index is 1.58. The van der Waals surface area contributed by atoms with Crippen molar-refractivity contribution in [2.75, 3.05) is 19.8 Å². The normalized spacial score (nSPS) is 20.5. The van der Waals surface area contributed by atoms with Crippen LogP contribution in [0.15, 0.2) is 48.5 Å². The van der Waals surface area contributed by atoms with Crippen LogP contribution in [0.2, 0.25) is 0 Å². The zero-order chi connectivity index (χ0) is 20.9. The van der Waals surface area contributed by atoms with Crippen LogP contribution in [0, 0.1) is 0 Å². The van der Waals surface area contributed by atoms with Crippen LogP contribution in [0.5, 0.6) is 5.75 Å². The third-order valence-electron chi connectivity index (χ3n) is 5.44. The molecule has 2 aliphatic rings. The van der Waals surface area contributed by atoms with Crippen LogP contribution in [0.25, 0.3) is 0 Å². The number of nitrogens with two attached hydrogens (primary N) is 1. The van der Waals surface area contributed by atoms with E-state index in [1.54, 1.807) is 18.2 Å². The Morgan fingerprint density at radius 1 is 1.10 bits per heavy atom. The standard InChI is InChI=1S/C23H26N2O5/c24-23(27)16-6-7-17-13-25-14-20(30-19(17)12-16)21(26)22(15-4-2-1-3-5-15)29-18-8-10-28-11-9-18/h1-7,12,18,20,22,25H,8-11,13-14H2,(H2,24,27). The highest BCUT2D eigenvalue weighted by Gasteiger charge is 2.34. The molecular weight excluding hydrogens is 384 g/mol. The highest BCUT2D eigenvalue weighted by atomic mass is 16.5. The second-order valence-electron chi connectivity index (χ2n) is 7.57. The summed E-state index contributed by atoms with van der Waals surface area (Å²) in [6, 6.07) is 14.5. The van der Waals surface area contributed by atoms with E-state index in [1.165, 1.54) is 0 Å². The van der Waals surface area contributed by atoms with Crippen molar-refractivity contribution in [3.05, 3.63) is 65.2 Å². The SMILES string of the molecule is NC(=O)c1ccc2c(c1)OC(C(=O)C(OC1CCOCC1)c1ccccc1)CNC2. The summed E-state index contributed by atoms with van der Waals surface area (Å²) in [5.74, 6) is -0.198. The van der Waals surface area contributed by atoms with E-state index in [2.05, 4.69) is 5.32 Å². The summed E-state index contributed by atoms with van der Waals surface area (Å²) >= 11 is 0. The molecule has 2 aromatic rings. The van der Waals surface area contributed by atoms with Crippen molar-refractivity contribution in [1.29, 1.82) is 0 Å². The Kier molecular flexibility index (Phi) is 6.42. The molecule has 0 saturated carbocycles.